The Morgan fingerprint density at radius 2 is 2.09 bits per heavy atom. The monoisotopic (exact) mass is 300 g/mol. The molecule has 3 heterocycles. The highest BCUT2D eigenvalue weighted by molar-refractivity contribution is 5.76. The maximum atomic E-state index is 12.2. The quantitative estimate of drug-likeness (QED) is 0.883. The van der Waals surface area contributed by atoms with E-state index in [2.05, 4.69) is 10.1 Å². The second kappa shape index (κ2) is 6.70. The minimum Gasteiger partial charge on any atom is -0.391 e. The van der Waals surface area contributed by atoms with Gasteiger partial charge in [-0.05, 0) is 30.2 Å². The van der Waals surface area contributed by atoms with Gasteiger partial charge in [0, 0.05) is 56.8 Å². The first-order valence-corrected chi connectivity index (χ1v) is 7.54. The van der Waals surface area contributed by atoms with Gasteiger partial charge in [-0.2, -0.15) is 5.10 Å². The van der Waals surface area contributed by atoms with Gasteiger partial charge in [0.15, 0.2) is 0 Å². The number of aryl methyl sites for hydroxylation is 1. The first-order valence-electron chi connectivity index (χ1n) is 7.54. The van der Waals surface area contributed by atoms with Crippen LogP contribution in [0.4, 0.5) is 0 Å². The Balaban J connectivity index is 1.52. The topological polar surface area (TPSA) is 71.2 Å². The highest BCUT2D eigenvalue weighted by Crippen LogP contribution is 2.22. The number of likely N-dealkylation sites (tertiary alicyclic amines) is 1. The molecular formula is C16H20N4O2. The first-order chi connectivity index (χ1) is 10.7. The fourth-order valence-electron chi connectivity index (χ4n) is 2.88. The Hall–Kier alpha value is -2.21. The Morgan fingerprint density at radius 3 is 2.82 bits per heavy atom. The molecule has 1 N–H and O–H groups in total. The van der Waals surface area contributed by atoms with Crippen molar-refractivity contribution in [3.63, 3.8) is 0 Å². The van der Waals surface area contributed by atoms with Crippen molar-refractivity contribution in [2.24, 2.45) is 5.92 Å². The van der Waals surface area contributed by atoms with E-state index in [-0.39, 0.29) is 11.8 Å². The molecule has 0 spiro atoms. The highest BCUT2D eigenvalue weighted by Gasteiger charge is 2.33. The lowest BCUT2D eigenvalue weighted by Crippen LogP contribution is -2.30. The minimum atomic E-state index is -0.457. The van der Waals surface area contributed by atoms with E-state index in [1.807, 2.05) is 24.4 Å². The summed E-state index contributed by atoms with van der Waals surface area (Å²) in [5.41, 5.74) is 1.14. The normalized spacial score (nSPS) is 21.2. The van der Waals surface area contributed by atoms with Crippen molar-refractivity contribution < 1.29 is 9.90 Å². The molecule has 1 amide bonds. The number of aliphatic hydroxyl groups excluding tert-OH is 1. The lowest BCUT2D eigenvalue weighted by molar-refractivity contribution is -0.130. The van der Waals surface area contributed by atoms with E-state index in [1.54, 1.807) is 28.2 Å². The van der Waals surface area contributed by atoms with Crippen molar-refractivity contribution >= 4 is 5.91 Å². The summed E-state index contributed by atoms with van der Waals surface area (Å²) in [6.45, 7) is 1.61. The van der Waals surface area contributed by atoms with Crippen molar-refractivity contribution in [2.45, 2.75) is 25.5 Å². The number of hydrogen-bond acceptors (Lipinski definition) is 4. The van der Waals surface area contributed by atoms with Crippen LogP contribution in [0.2, 0.25) is 0 Å². The number of hydrogen-bond donors (Lipinski definition) is 1. The van der Waals surface area contributed by atoms with Crippen LogP contribution in [-0.2, 0) is 17.8 Å². The smallest absolute Gasteiger partial charge is 0.224 e. The van der Waals surface area contributed by atoms with Crippen molar-refractivity contribution in [3.05, 3.63) is 48.5 Å². The van der Waals surface area contributed by atoms with E-state index in [0.717, 1.165) is 12.0 Å². The van der Waals surface area contributed by atoms with E-state index in [9.17, 15) is 9.90 Å². The number of pyridine rings is 1. The second-order valence-corrected chi connectivity index (χ2v) is 5.70. The van der Waals surface area contributed by atoms with Crippen LogP contribution in [-0.4, -0.2) is 49.9 Å². The maximum Gasteiger partial charge on any atom is 0.224 e. The SMILES string of the molecule is O=C(CCn1cccn1)N1C[C@@H](Cc2ccncc2)[C@@H](O)C1. The molecule has 0 aliphatic carbocycles. The van der Waals surface area contributed by atoms with Gasteiger partial charge in [0.2, 0.25) is 5.91 Å². The third-order valence-corrected chi connectivity index (χ3v) is 4.12. The van der Waals surface area contributed by atoms with E-state index < -0.39 is 6.10 Å². The van der Waals surface area contributed by atoms with Crippen LogP contribution in [0, 0.1) is 5.92 Å². The Morgan fingerprint density at radius 1 is 1.27 bits per heavy atom. The number of amides is 1. The summed E-state index contributed by atoms with van der Waals surface area (Å²) in [6, 6.07) is 5.75. The molecule has 2 aromatic rings. The molecule has 0 unspecified atom stereocenters. The van der Waals surface area contributed by atoms with Crippen LogP contribution in [0.3, 0.4) is 0 Å². The molecule has 2 aromatic heterocycles. The van der Waals surface area contributed by atoms with Gasteiger partial charge in [-0.25, -0.2) is 0 Å². The number of rotatable bonds is 5. The molecule has 6 heteroatoms. The standard InChI is InChI=1S/C16H20N4O2/c21-15-12-19(16(22)4-9-20-8-1-5-18-20)11-14(15)10-13-2-6-17-7-3-13/h1-3,5-8,14-15,21H,4,9-12H2/t14-,15+/m1/s1. The number of carbonyl (C=O) groups is 1. The zero-order valence-corrected chi connectivity index (χ0v) is 12.4. The Bertz CT molecular complexity index is 600. The number of β-amino-alcohol motifs (C(OH)–C–C–N with tert-alkyl or cyclic N) is 1. The van der Waals surface area contributed by atoms with Gasteiger partial charge in [0.05, 0.1) is 6.10 Å². The molecule has 6 nitrogen and oxygen atoms in total. The molecule has 2 atom stereocenters. The fourth-order valence-corrected chi connectivity index (χ4v) is 2.88. The fraction of sp³-hybridized carbons (Fsp3) is 0.438. The van der Waals surface area contributed by atoms with Crippen molar-refractivity contribution in [1.82, 2.24) is 19.7 Å². The van der Waals surface area contributed by atoms with Gasteiger partial charge in [0.1, 0.15) is 0 Å². The molecule has 1 aliphatic rings. The predicted octanol–water partition coefficient (Wildman–Crippen LogP) is 0.730. The second-order valence-electron chi connectivity index (χ2n) is 5.70. The molecule has 3 rings (SSSR count). The van der Waals surface area contributed by atoms with Gasteiger partial charge in [0.25, 0.3) is 0 Å². The van der Waals surface area contributed by atoms with Crippen LogP contribution in [0.25, 0.3) is 0 Å². The summed E-state index contributed by atoms with van der Waals surface area (Å²) in [4.78, 5) is 18.0. The van der Waals surface area contributed by atoms with Crippen LogP contribution in [0.1, 0.15) is 12.0 Å². The van der Waals surface area contributed by atoms with Crippen LogP contribution in [0.5, 0.6) is 0 Å². The lowest BCUT2D eigenvalue weighted by atomic mass is 9.97. The van der Waals surface area contributed by atoms with Crippen molar-refractivity contribution in [1.29, 1.82) is 0 Å². The van der Waals surface area contributed by atoms with E-state index >= 15 is 0 Å². The Labute approximate surface area is 129 Å². The van der Waals surface area contributed by atoms with Crippen molar-refractivity contribution in [2.75, 3.05) is 13.1 Å². The molecule has 0 radical (unpaired) electrons. The van der Waals surface area contributed by atoms with E-state index in [1.165, 1.54) is 0 Å². The summed E-state index contributed by atoms with van der Waals surface area (Å²) in [5, 5.41) is 14.3. The zero-order chi connectivity index (χ0) is 15.4. The molecule has 116 valence electrons. The van der Waals surface area contributed by atoms with Crippen molar-refractivity contribution in [3.8, 4) is 0 Å². The first kappa shape index (κ1) is 14.7. The summed E-state index contributed by atoms with van der Waals surface area (Å²) in [5.74, 6) is 0.169. The van der Waals surface area contributed by atoms with Crippen LogP contribution < -0.4 is 0 Å². The molecule has 0 aromatic carbocycles. The zero-order valence-electron chi connectivity index (χ0n) is 12.4. The van der Waals surface area contributed by atoms with Crippen LogP contribution >= 0.6 is 0 Å². The van der Waals surface area contributed by atoms with Gasteiger partial charge >= 0.3 is 0 Å². The summed E-state index contributed by atoms with van der Waals surface area (Å²) in [6.07, 6.45) is 7.78. The average Bonchev–Trinajstić information content (AvgIpc) is 3.16. The molecule has 1 fully saturated rings. The molecule has 1 aliphatic heterocycles. The van der Waals surface area contributed by atoms with Gasteiger partial charge in [-0.1, -0.05) is 0 Å². The summed E-state index contributed by atoms with van der Waals surface area (Å²) < 4.78 is 1.75. The Kier molecular flexibility index (Phi) is 4.48. The number of nitrogens with zero attached hydrogens (tertiary/aromatic N) is 4. The van der Waals surface area contributed by atoms with E-state index in [4.69, 9.17) is 0 Å². The number of aromatic nitrogens is 3. The molecular weight excluding hydrogens is 280 g/mol. The summed E-state index contributed by atoms with van der Waals surface area (Å²) in [7, 11) is 0. The molecule has 0 saturated carbocycles. The molecule has 0 bridgehead atoms. The van der Waals surface area contributed by atoms with Gasteiger partial charge < -0.3 is 10.0 Å². The highest BCUT2D eigenvalue weighted by atomic mass is 16.3. The molecule has 1 saturated heterocycles. The average molecular weight is 300 g/mol. The third-order valence-electron chi connectivity index (χ3n) is 4.12. The minimum absolute atomic E-state index is 0.0757. The predicted molar refractivity (Wildman–Crippen MR) is 80.9 cm³/mol. The van der Waals surface area contributed by atoms with Crippen LogP contribution in [0.15, 0.2) is 43.0 Å². The van der Waals surface area contributed by atoms with Gasteiger partial charge in [-0.3, -0.25) is 14.5 Å². The number of aliphatic hydroxyl groups is 1. The molecule has 22 heavy (non-hydrogen) atoms. The largest absolute Gasteiger partial charge is 0.391 e. The maximum absolute atomic E-state index is 12.2. The van der Waals surface area contributed by atoms with Gasteiger partial charge in [-0.15, -0.1) is 0 Å². The third kappa shape index (κ3) is 3.51. The van der Waals surface area contributed by atoms with E-state index in [0.29, 0.717) is 26.1 Å². The number of carbonyl (C=O) groups excluding carboxylic acids is 1. The lowest BCUT2D eigenvalue weighted by Gasteiger charge is -2.16. The summed E-state index contributed by atoms with van der Waals surface area (Å²) >= 11 is 0.